The van der Waals surface area contributed by atoms with Crippen LogP contribution >= 0.6 is 11.3 Å². The van der Waals surface area contributed by atoms with Crippen LogP contribution in [0.5, 0.6) is 0 Å². The van der Waals surface area contributed by atoms with Gasteiger partial charge in [0.15, 0.2) is 0 Å². The van der Waals surface area contributed by atoms with E-state index in [1.165, 1.54) is 11.3 Å². The highest BCUT2D eigenvalue weighted by molar-refractivity contribution is 7.18. The smallest absolute Gasteiger partial charge is 0.306 e. The summed E-state index contributed by atoms with van der Waals surface area (Å²) in [5.74, 6) is -0.872. The summed E-state index contributed by atoms with van der Waals surface area (Å²) in [5.41, 5.74) is 0.891. The van der Waals surface area contributed by atoms with Gasteiger partial charge in [-0.25, -0.2) is 4.98 Å². The number of aromatic nitrogens is 1. The lowest BCUT2D eigenvalue weighted by atomic mass is 10.2. The minimum absolute atomic E-state index is 0.0480. The van der Waals surface area contributed by atoms with Crippen molar-refractivity contribution in [3.63, 3.8) is 0 Å². The first kappa shape index (κ1) is 12.0. The van der Waals surface area contributed by atoms with Crippen LogP contribution < -0.4 is 0 Å². The molecule has 1 N–H and O–H groups in total. The zero-order valence-corrected chi connectivity index (χ0v) is 10.2. The Morgan fingerprint density at radius 1 is 1.53 bits per heavy atom. The van der Waals surface area contributed by atoms with Crippen molar-refractivity contribution in [2.75, 3.05) is 6.61 Å². The molecular weight excluding hydrogens is 238 g/mol. The highest BCUT2D eigenvalue weighted by Gasteiger charge is 2.19. The van der Waals surface area contributed by atoms with Crippen LogP contribution in [0.25, 0.3) is 10.2 Å². The Hall–Kier alpha value is -1.46. The fraction of sp³-hybridized carbons (Fsp3) is 0.333. The average molecular weight is 251 g/mol. The Kier molecular flexibility index (Phi) is 3.71. The molecule has 0 fully saturated rings. The molecule has 0 bridgehead atoms. The van der Waals surface area contributed by atoms with Crippen molar-refractivity contribution in [3.05, 3.63) is 29.3 Å². The van der Waals surface area contributed by atoms with Gasteiger partial charge in [0.05, 0.1) is 16.6 Å². The van der Waals surface area contributed by atoms with Crippen LogP contribution in [-0.2, 0) is 9.53 Å². The first-order valence-corrected chi connectivity index (χ1v) is 6.21. The van der Waals surface area contributed by atoms with E-state index in [4.69, 9.17) is 9.84 Å². The summed E-state index contributed by atoms with van der Waals surface area (Å²) in [6.45, 7) is 2.33. The molecule has 1 atom stereocenters. The quantitative estimate of drug-likeness (QED) is 0.887. The van der Waals surface area contributed by atoms with Crippen LogP contribution in [0.2, 0.25) is 0 Å². The highest BCUT2D eigenvalue weighted by atomic mass is 32.1. The predicted octanol–water partition coefficient (Wildman–Crippen LogP) is 2.85. The lowest BCUT2D eigenvalue weighted by Gasteiger charge is -2.11. The Morgan fingerprint density at radius 2 is 2.29 bits per heavy atom. The van der Waals surface area contributed by atoms with Gasteiger partial charge in [0.25, 0.3) is 0 Å². The Balaban J connectivity index is 2.31. The molecule has 0 spiro atoms. The van der Waals surface area contributed by atoms with Gasteiger partial charge in [0.2, 0.25) is 0 Å². The second-order valence-electron chi connectivity index (χ2n) is 3.56. The van der Waals surface area contributed by atoms with Gasteiger partial charge in [0.1, 0.15) is 11.1 Å². The molecule has 1 aromatic heterocycles. The number of fused-ring (bicyclic) bond motifs is 1. The van der Waals surface area contributed by atoms with Gasteiger partial charge in [0, 0.05) is 6.61 Å². The molecule has 0 saturated carbocycles. The monoisotopic (exact) mass is 251 g/mol. The molecule has 0 aliphatic carbocycles. The van der Waals surface area contributed by atoms with Gasteiger partial charge in [-0.15, -0.1) is 11.3 Å². The lowest BCUT2D eigenvalue weighted by molar-refractivity contribution is -0.140. The number of benzene rings is 1. The second-order valence-corrected chi connectivity index (χ2v) is 4.62. The zero-order chi connectivity index (χ0) is 12.3. The van der Waals surface area contributed by atoms with Crippen LogP contribution in [-0.4, -0.2) is 22.7 Å². The number of carboxylic acid groups (broad SMARTS) is 1. The normalized spacial score (nSPS) is 12.8. The van der Waals surface area contributed by atoms with E-state index in [1.54, 1.807) is 0 Å². The molecular formula is C12H13NO3S. The van der Waals surface area contributed by atoms with E-state index in [0.717, 1.165) is 15.2 Å². The summed E-state index contributed by atoms with van der Waals surface area (Å²) >= 11 is 1.49. The number of rotatable bonds is 5. The van der Waals surface area contributed by atoms with Crippen molar-refractivity contribution in [2.45, 2.75) is 19.4 Å². The Bertz CT molecular complexity index is 490. The standard InChI is InChI=1S/C12H13NO3S/c1-2-16-9(7-11(14)15)12-13-8-5-3-4-6-10(8)17-12/h3-6,9H,2,7H2,1H3,(H,14,15). The Morgan fingerprint density at radius 3 is 2.94 bits per heavy atom. The summed E-state index contributed by atoms with van der Waals surface area (Å²) in [4.78, 5) is 15.2. The zero-order valence-electron chi connectivity index (χ0n) is 9.42. The van der Waals surface area contributed by atoms with Crippen molar-refractivity contribution >= 4 is 27.5 Å². The number of nitrogens with zero attached hydrogens (tertiary/aromatic N) is 1. The second kappa shape index (κ2) is 5.25. The van der Waals surface area contributed by atoms with Gasteiger partial charge in [-0.05, 0) is 19.1 Å². The Labute approximate surface area is 103 Å². The molecule has 2 rings (SSSR count). The maximum Gasteiger partial charge on any atom is 0.306 e. The van der Waals surface area contributed by atoms with Gasteiger partial charge in [-0.1, -0.05) is 12.1 Å². The van der Waals surface area contributed by atoms with Gasteiger partial charge in [-0.2, -0.15) is 0 Å². The summed E-state index contributed by atoms with van der Waals surface area (Å²) in [5, 5.41) is 9.58. The largest absolute Gasteiger partial charge is 0.481 e. The van der Waals surface area contributed by atoms with Crippen molar-refractivity contribution in [3.8, 4) is 0 Å². The van der Waals surface area contributed by atoms with E-state index in [2.05, 4.69) is 4.98 Å². The molecule has 1 heterocycles. The van der Waals surface area contributed by atoms with E-state index < -0.39 is 12.1 Å². The molecule has 2 aromatic rings. The van der Waals surface area contributed by atoms with Gasteiger partial charge in [-0.3, -0.25) is 4.79 Å². The highest BCUT2D eigenvalue weighted by Crippen LogP contribution is 2.30. The first-order valence-electron chi connectivity index (χ1n) is 5.39. The summed E-state index contributed by atoms with van der Waals surface area (Å²) < 4.78 is 6.49. The van der Waals surface area contributed by atoms with E-state index in [1.807, 2.05) is 31.2 Å². The molecule has 5 heteroatoms. The first-order chi connectivity index (χ1) is 8.20. The van der Waals surface area contributed by atoms with Crippen molar-refractivity contribution in [2.24, 2.45) is 0 Å². The maximum absolute atomic E-state index is 10.8. The minimum Gasteiger partial charge on any atom is -0.481 e. The van der Waals surface area contributed by atoms with Crippen LogP contribution in [0.4, 0.5) is 0 Å². The summed E-state index contributed by atoms with van der Waals surface area (Å²) in [6, 6.07) is 7.75. The average Bonchev–Trinajstić information content (AvgIpc) is 2.71. The van der Waals surface area contributed by atoms with E-state index in [9.17, 15) is 4.79 Å². The molecule has 0 aliphatic heterocycles. The van der Waals surface area contributed by atoms with Crippen molar-refractivity contribution < 1.29 is 14.6 Å². The fourth-order valence-corrected chi connectivity index (χ4v) is 2.62. The molecule has 0 amide bonds. The third-order valence-corrected chi connectivity index (χ3v) is 3.44. The SMILES string of the molecule is CCOC(CC(=O)O)c1nc2ccccc2s1. The van der Waals surface area contributed by atoms with E-state index in [-0.39, 0.29) is 6.42 Å². The van der Waals surface area contributed by atoms with Crippen LogP contribution in [0, 0.1) is 0 Å². The number of hydrogen-bond donors (Lipinski definition) is 1. The molecule has 1 unspecified atom stereocenters. The van der Waals surface area contributed by atoms with Crippen molar-refractivity contribution in [1.29, 1.82) is 0 Å². The van der Waals surface area contributed by atoms with Gasteiger partial charge < -0.3 is 9.84 Å². The summed E-state index contributed by atoms with van der Waals surface area (Å²) in [7, 11) is 0. The number of thiazole rings is 1. The number of ether oxygens (including phenoxy) is 1. The van der Waals surface area contributed by atoms with E-state index in [0.29, 0.717) is 6.61 Å². The number of para-hydroxylation sites is 1. The number of hydrogen-bond acceptors (Lipinski definition) is 4. The summed E-state index contributed by atoms with van der Waals surface area (Å²) in [6.07, 6.45) is -0.497. The number of aliphatic carboxylic acids is 1. The van der Waals surface area contributed by atoms with Crippen LogP contribution in [0.3, 0.4) is 0 Å². The third kappa shape index (κ3) is 2.81. The maximum atomic E-state index is 10.8. The molecule has 4 nitrogen and oxygen atoms in total. The van der Waals surface area contributed by atoms with Crippen molar-refractivity contribution in [1.82, 2.24) is 4.98 Å². The molecule has 17 heavy (non-hydrogen) atoms. The molecule has 0 radical (unpaired) electrons. The predicted molar refractivity (Wildman–Crippen MR) is 66.2 cm³/mol. The number of carbonyl (C=O) groups is 1. The molecule has 1 aromatic carbocycles. The van der Waals surface area contributed by atoms with E-state index >= 15 is 0 Å². The lowest BCUT2D eigenvalue weighted by Crippen LogP contribution is -2.09. The fourth-order valence-electron chi connectivity index (χ4n) is 1.61. The topological polar surface area (TPSA) is 59.4 Å². The van der Waals surface area contributed by atoms with Crippen LogP contribution in [0.1, 0.15) is 24.5 Å². The van der Waals surface area contributed by atoms with Gasteiger partial charge >= 0.3 is 5.97 Å². The molecule has 90 valence electrons. The number of carboxylic acids is 1. The third-order valence-electron chi connectivity index (χ3n) is 2.31. The molecule has 0 aliphatic rings. The molecule has 0 saturated heterocycles. The minimum atomic E-state index is -0.872. The van der Waals surface area contributed by atoms with Crippen LogP contribution in [0.15, 0.2) is 24.3 Å².